The molecule has 1 aliphatic heterocycles. The van der Waals surface area contributed by atoms with E-state index in [4.69, 9.17) is 0 Å². The summed E-state index contributed by atoms with van der Waals surface area (Å²) >= 11 is 0. The molecule has 0 spiro atoms. The number of anilines is 6. The molecule has 282 valence electrons. The van der Waals surface area contributed by atoms with E-state index in [9.17, 15) is 0 Å². The van der Waals surface area contributed by atoms with Crippen molar-refractivity contribution in [3.8, 4) is 44.5 Å². The summed E-state index contributed by atoms with van der Waals surface area (Å²) in [7, 11) is -1.87. The summed E-state index contributed by atoms with van der Waals surface area (Å²) in [6, 6.07) is 83.9. The van der Waals surface area contributed by atoms with Crippen LogP contribution in [0.2, 0.25) is 13.1 Å². The van der Waals surface area contributed by atoms with Crippen molar-refractivity contribution in [2.75, 3.05) is 9.80 Å². The summed E-state index contributed by atoms with van der Waals surface area (Å²) in [5, 5.41) is 2.94. The molecule has 0 saturated carbocycles. The molecule has 0 fully saturated rings. The van der Waals surface area contributed by atoms with Crippen LogP contribution >= 0.6 is 0 Å². The van der Waals surface area contributed by atoms with E-state index < -0.39 is 8.07 Å². The molecule has 0 amide bonds. The third kappa shape index (κ3) is 6.76. The zero-order chi connectivity index (χ0) is 39.8. The smallest absolute Gasteiger partial charge is 0.117 e. The average molecular weight is 773 g/mol. The van der Waals surface area contributed by atoms with Crippen molar-refractivity contribution in [3.05, 3.63) is 231 Å². The van der Waals surface area contributed by atoms with E-state index in [1.54, 1.807) is 0 Å². The van der Waals surface area contributed by atoms with Crippen molar-refractivity contribution < 1.29 is 0 Å². The van der Waals surface area contributed by atoms with Gasteiger partial charge in [0.1, 0.15) is 8.07 Å². The summed E-state index contributed by atoms with van der Waals surface area (Å²) < 4.78 is 0. The average Bonchev–Trinajstić information content (AvgIpc) is 3.31. The molecular formula is C56H44N2Si. The topological polar surface area (TPSA) is 6.48 Å². The largest absolute Gasteiger partial charge is 0.311 e. The molecule has 0 saturated heterocycles. The lowest BCUT2D eigenvalue weighted by atomic mass is 9.93. The van der Waals surface area contributed by atoms with E-state index in [1.807, 2.05) is 0 Å². The molecule has 9 aromatic rings. The van der Waals surface area contributed by atoms with Crippen LogP contribution in [0.4, 0.5) is 34.1 Å². The number of rotatable bonds is 8. The van der Waals surface area contributed by atoms with Gasteiger partial charge in [-0.05, 0) is 116 Å². The van der Waals surface area contributed by atoms with Crippen molar-refractivity contribution in [2.45, 2.75) is 13.1 Å². The van der Waals surface area contributed by atoms with Gasteiger partial charge >= 0.3 is 0 Å². The second-order valence-electron chi connectivity index (χ2n) is 15.8. The minimum absolute atomic E-state index is 1.09. The molecule has 1 aliphatic rings. The molecule has 1 heterocycles. The van der Waals surface area contributed by atoms with Crippen molar-refractivity contribution in [3.63, 3.8) is 0 Å². The predicted molar refractivity (Wildman–Crippen MR) is 254 cm³/mol. The maximum absolute atomic E-state index is 2.47. The van der Waals surface area contributed by atoms with Gasteiger partial charge < -0.3 is 9.80 Å². The van der Waals surface area contributed by atoms with Crippen LogP contribution in [0.1, 0.15) is 0 Å². The Morgan fingerprint density at radius 1 is 0.322 bits per heavy atom. The van der Waals surface area contributed by atoms with Crippen LogP contribution < -0.4 is 20.2 Å². The lowest BCUT2D eigenvalue weighted by molar-refractivity contribution is 1.28. The van der Waals surface area contributed by atoms with Gasteiger partial charge in [-0.2, -0.15) is 0 Å². The number of benzene rings is 9. The normalized spacial score (nSPS) is 12.7. The van der Waals surface area contributed by atoms with Crippen LogP contribution in [0.25, 0.3) is 44.5 Å². The van der Waals surface area contributed by atoms with Crippen LogP contribution in [0.5, 0.6) is 0 Å². The number of hydrogen-bond acceptors (Lipinski definition) is 2. The Kier molecular flexibility index (Phi) is 9.36. The van der Waals surface area contributed by atoms with Gasteiger partial charge in [0.15, 0.2) is 0 Å². The zero-order valence-electron chi connectivity index (χ0n) is 33.3. The quantitative estimate of drug-likeness (QED) is 0.142. The first-order valence-electron chi connectivity index (χ1n) is 20.4. The first kappa shape index (κ1) is 36.2. The maximum Gasteiger partial charge on any atom is 0.117 e. The SMILES string of the molecule is C[Si]1(C)c2ccccc2N(c2cccc(-c3ccc(N(c4ccc(-c5ccccc5)cc4)c4ccc(-c5ccccc5)c(-c5ccccc5)c4)cc3)c2)c2ccccc21. The van der Waals surface area contributed by atoms with Gasteiger partial charge in [0, 0.05) is 34.1 Å². The number of para-hydroxylation sites is 2. The number of nitrogens with zero attached hydrogens (tertiary/aromatic N) is 2. The van der Waals surface area contributed by atoms with Gasteiger partial charge in [-0.1, -0.05) is 183 Å². The summed E-state index contributed by atoms with van der Waals surface area (Å²) in [5.41, 5.74) is 16.6. The molecular weight excluding hydrogens is 729 g/mol. The Balaban J connectivity index is 1.06. The van der Waals surface area contributed by atoms with Gasteiger partial charge in [-0.25, -0.2) is 0 Å². The maximum atomic E-state index is 2.47. The Hall–Kier alpha value is -7.20. The fourth-order valence-corrected chi connectivity index (χ4v) is 11.8. The van der Waals surface area contributed by atoms with Gasteiger partial charge in [0.25, 0.3) is 0 Å². The van der Waals surface area contributed by atoms with Crippen molar-refractivity contribution >= 4 is 52.6 Å². The molecule has 0 atom stereocenters. The van der Waals surface area contributed by atoms with Gasteiger partial charge in [-0.3, -0.25) is 0 Å². The van der Waals surface area contributed by atoms with Crippen LogP contribution in [-0.4, -0.2) is 8.07 Å². The van der Waals surface area contributed by atoms with Crippen LogP contribution in [0.3, 0.4) is 0 Å². The standard InChI is InChI=1S/C56H44N2Si/c1-59(2)55-27-14-12-25-53(55)58(54-26-13-15-28-56(54)59)49-24-16-23-46(39-49)43-31-35-48(36-32-43)57(47-33-29-42(30-34-47)41-17-6-3-7-18-41)50-37-38-51(44-19-8-4-9-20-44)52(40-50)45-21-10-5-11-22-45/h3-40H,1-2H3. The van der Waals surface area contributed by atoms with Gasteiger partial charge in [0.2, 0.25) is 0 Å². The van der Waals surface area contributed by atoms with E-state index in [1.165, 1.54) is 71.9 Å². The Morgan fingerprint density at radius 2 is 0.746 bits per heavy atom. The van der Waals surface area contributed by atoms with Gasteiger partial charge in [-0.15, -0.1) is 0 Å². The second-order valence-corrected chi connectivity index (χ2v) is 20.1. The van der Waals surface area contributed by atoms with E-state index in [0.29, 0.717) is 0 Å². The summed E-state index contributed by atoms with van der Waals surface area (Å²) in [6.07, 6.45) is 0. The highest BCUT2D eigenvalue weighted by Crippen LogP contribution is 2.43. The third-order valence-electron chi connectivity index (χ3n) is 11.9. The highest BCUT2D eigenvalue weighted by molar-refractivity contribution is 7.02. The summed E-state index contributed by atoms with van der Waals surface area (Å²) in [6.45, 7) is 4.95. The first-order valence-corrected chi connectivity index (χ1v) is 23.4. The van der Waals surface area contributed by atoms with Crippen LogP contribution in [0.15, 0.2) is 231 Å². The highest BCUT2D eigenvalue weighted by Gasteiger charge is 2.38. The Labute approximate surface area is 349 Å². The van der Waals surface area contributed by atoms with Gasteiger partial charge in [0.05, 0.1) is 0 Å². The molecule has 59 heavy (non-hydrogen) atoms. The summed E-state index contributed by atoms with van der Waals surface area (Å²) in [4.78, 5) is 4.84. The van der Waals surface area contributed by atoms with Crippen molar-refractivity contribution in [1.82, 2.24) is 0 Å². The molecule has 9 aromatic carbocycles. The highest BCUT2D eigenvalue weighted by atomic mass is 28.3. The monoisotopic (exact) mass is 772 g/mol. The Morgan fingerprint density at radius 3 is 1.31 bits per heavy atom. The van der Waals surface area contributed by atoms with E-state index in [0.717, 1.165) is 17.1 Å². The lowest BCUT2D eigenvalue weighted by Crippen LogP contribution is -2.58. The lowest BCUT2D eigenvalue weighted by Gasteiger charge is -2.41. The second kappa shape index (κ2) is 15.3. The molecule has 0 bridgehead atoms. The first-order chi connectivity index (χ1) is 29.0. The van der Waals surface area contributed by atoms with E-state index >= 15 is 0 Å². The minimum Gasteiger partial charge on any atom is -0.311 e. The fourth-order valence-electron chi connectivity index (χ4n) is 8.85. The molecule has 0 aliphatic carbocycles. The molecule has 2 nitrogen and oxygen atoms in total. The number of fused-ring (bicyclic) bond motifs is 2. The van der Waals surface area contributed by atoms with Crippen molar-refractivity contribution in [2.24, 2.45) is 0 Å². The predicted octanol–water partition coefficient (Wildman–Crippen LogP) is 14.4. The van der Waals surface area contributed by atoms with E-state index in [2.05, 4.69) is 253 Å². The molecule has 0 aromatic heterocycles. The number of hydrogen-bond donors (Lipinski definition) is 0. The molecule has 0 radical (unpaired) electrons. The minimum atomic E-state index is -1.87. The fraction of sp³-hybridized carbons (Fsp3) is 0.0357. The molecule has 3 heteroatoms. The molecule has 0 N–H and O–H groups in total. The van der Waals surface area contributed by atoms with E-state index in [-0.39, 0.29) is 0 Å². The van der Waals surface area contributed by atoms with Crippen molar-refractivity contribution in [1.29, 1.82) is 0 Å². The Bertz CT molecular complexity index is 2840. The zero-order valence-corrected chi connectivity index (χ0v) is 34.3. The summed E-state index contributed by atoms with van der Waals surface area (Å²) in [5.74, 6) is 0. The molecule has 10 rings (SSSR count). The third-order valence-corrected chi connectivity index (χ3v) is 15.4. The van der Waals surface area contributed by atoms with Crippen LogP contribution in [0, 0.1) is 0 Å². The van der Waals surface area contributed by atoms with Crippen LogP contribution in [-0.2, 0) is 0 Å². The molecule has 0 unspecified atom stereocenters.